The summed E-state index contributed by atoms with van der Waals surface area (Å²) in [5.41, 5.74) is 1.98. The minimum atomic E-state index is -0.557. The van der Waals surface area contributed by atoms with E-state index in [1.165, 1.54) is 47.4 Å². The van der Waals surface area contributed by atoms with Gasteiger partial charge in [-0.25, -0.2) is 4.98 Å². The first-order valence-corrected chi connectivity index (χ1v) is 12.9. The van der Waals surface area contributed by atoms with Crippen molar-refractivity contribution in [2.75, 3.05) is 16.4 Å². The van der Waals surface area contributed by atoms with E-state index in [0.29, 0.717) is 26.6 Å². The highest BCUT2D eigenvalue weighted by atomic mass is 35.5. The zero-order valence-electron chi connectivity index (χ0n) is 18.2. The second-order valence-electron chi connectivity index (χ2n) is 7.29. The van der Waals surface area contributed by atoms with Gasteiger partial charge in [0.25, 0.3) is 11.6 Å². The van der Waals surface area contributed by atoms with Crippen LogP contribution in [0.1, 0.15) is 10.4 Å². The van der Waals surface area contributed by atoms with E-state index < -0.39 is 10.8 Å². The minimum absolute atomic E-state index is 0.129. The molecule has 8 nitrogen and oxygen atoms in total. The predicted molar refractivity (Wildman–Crippen MR) is 144 cm³/mol. The average molecular weight is 559 g/mol. The first kappa shape index (κ1) is 25.6. The molecular weight excluding hydrogens is 543 g/mol. The average Bonchev–Trinajstić information content (AvgIpc) is 3.33. The lowest BCUT2D eigenvalue weighted by molar-refractivity contribution is -0.384. The lowest BCUT2D eigenvalue weighted by Crippen LogP contribution is -2.14. The van der Waals surface area contributed by atoms with Crippen LogP contribution < -0.4 is 10.6 Å². The summed E-state index contributed by atoms with van der Waals surface area (Å²) in [7, 11) is 0. The summed E-state index contributed by atoms with van der Waals surface area (Å²) in [5, 5.41) is 19.6. The number of thioether (sulfide) groups is 1. The Kier molecular flexibility index (Phi) is 8.21. The zero-order valence-corrected chi connectivity index (χ0v) is 21.4. The van der Waals surface area contributed by atoms with Crippen LogP contribution in [0.25, 0.3) is 11.3 Å². The summed E-state index contributed by atoms with van der Waals surface area (Å²) in [4.78, 5) is 40.5. The van der Waals surface area contributed by atoms with Crippen molar-refractivity contribution >= 4 is 74.6 Å². The van der Waals surface area contributed by atoms with Gasteiger partial charge in [-0.15, -0.1) is 23.1 Å². The molecule has 0 spiro atoms. The summed E-state index contributed by atoms with van der Waals surface area (Å²) < 4.78 is 0. The second kappa shape index (κ2) is 11.5. The molecule has 0 saturated carbocycles. The molecule has 4 rings (SSSR count). The smallest absolute Gasteiger partial charge is 0.270 e. The number of thiazole rings is 1. The fourth-order valence-electron chi connectivity index (χ4n) is 3.05. The second-order valence-corrected chi connectivity index (χ2v) is 10.0. The first-order valence-electron chi connectivity index (χ1n) is 10.3. The molecule has 1 heterocycles. The van der Waals surface area contributed by atoms with Crippen molar-refractivity contribution in [1.29, 1.82) is 0 Å². The number of hydrogen-bond acceptors (Lipinski definition) is 7. The standard InChI is InChI=1S/C24H16Cl2N4O4S2/c25-19-8-7-14(10-20(19)26)21-12-36-24(28-21)29-22(31)13-35-18-6-2-4-16(11-18)27-23(32)15-3-1-5-17(9-15)30(33)34/h1-12H,13H2,(H,27,32)(H,28,29,31). The molecule has 0 aliphatic carbocycles. The van der Waals surface area contributed by atoms with Gasteiger partial charge >= 0.3 is 0 Å². The van der Waals surface area contributed by atoms with Crippen molar-refractivity contribution < 1.29 is 14.5 Å². The SMILES string of the molecule is O=C(CSc1cccc(NC(=O)c2cccc([N+](=O)[O-])c2)c1)Nc1nc(-c2ccc(Cl)c(Cl)c2)cs1. The Morgan fingerprint density at radius 1 is 1.00 bits per heavy atom. The molecule has 0 atom stereocenters. The van der Waals surface area contributed by atoms with Crippen LogP contribution in [0.4, 0.5) is 16.5 Å². The van der Waals surface area contributed by atoms with Crippen molar-refractivity contribution in [2.45, 2.75) is 4.90 Å². The Morgan fingerprint density at radius 3 is 2.58 bits per heavy atom. The molecule has 0 saturated heterocycles. The number of nitro groups is 1. The molecule has 1 aromatic heterocycles. The molecule has 0 aliphatic heterocycles. The van der Waals surface area contributed by atoms with Gasteiger partial charge in [-0.1, -0.05) is 41.4 Å². The summed E-state index contributed by atoms with van der Waals surface area (Å²) >= 11 is 14.6. The summed E-state index contributed by atoms with van der Waals surface area (Å²) in [5.74, 6) is -0.578. The van der Waals surface area contributed by atoms with Gasteiger partial charge in [-0.2, -0.15) is 0 Å². The molecule has 12 heteroatoms. The number of nitrogens with zero attached hydrogens (tertiary/aromatic N) is 2. The third kappa shape index (κ3) is 6.61. The van der Waals surface area contributed by atoms with E-state index in [0.717, 1.165) is 10.5 Å². The maximum absolute atomic E-state index is 12.5. The van der Waals surface area contributed by atoms with E-state index in [4.69, 9.17) is 23.2 Å². The highest BCUT2D eigenvalue weighted by molar-refractivity contribution is 8.00. The van der Waals surface area contributed by atoms with Gasteiger partial charge in [0.15, 0.2) is 5.13 Å². The fourth-order valence-corrected chi connectivity index (χ4v) is 4.84. The van der Waals surface area contributed by atoms with Crippen LogP contribution in [0.3, 0.4) is 0 Å². The maximum Gasteiger partial charge on any atom is 0.270 e. The van der Waals surface area contributed by atoms with Crippen molar-refractivity contribution in [1.82, 2.24) is 4.98 Å². The number of rotatable bonds is 8. The number of nitrogens with one attached hydrogen (secondary N) is 2. The molecule has 3 aromatic carbocycles. The molecule has 2 N–H and O–H groups in total. The maximum atomic E-state index is 12.5. The summed E-state index contributed by atoms with van der Waals surface area (Å²) in [6, 6.07) is 17.7. The third-order valence-electron chi connectivity index (χ3n) is 4.75. The van der Waals surface area contributed by atoms with E-state index in [1.54, 1.807) is 36.4 Å². The highest BCUT2D eigenvalue weighted by Crippen LogP contribution is 2.31. The minimum Gasteiger partial charge on any atom is -0.322 e. The molecule has 182 valence electrons. The molecule has 0 bridgehead atoms. The Morgan fingerprint density at radius 2 is 1.81 bits per heavy atom. The van der Waals surface area contributed by atoms with E-state index >= 15 is 0 Å². The molecule has 4 aromatic rings. The largest absolute Gasteiger partial charge is 0.322 e. The molecule has 0 radical (unpaired) electrons. The topological polar surface area (TPSA) is 114 Å². The van der Waals surface area contributed by atoms with Crippen molar-refractivity contribution in [3.05, 3.63) is 97.8 Å². The Hall–Kier alpha value is -3.44. The van der Waals surface area contributed by atoms with Crippen LogP contribution in [0.2, 0.25) is 10.0 Å². The van der Waals surface area contributed by atoms with Crippen LogP contribution >= 0.6 is 46.3 Å². The predicted octanol–water partition coefficient (Wildman–Crippen LogP) is 7.01. The molecule has 36 heavy (non-hydrogen) atoms. The van der Waals surface area contributed by atoms with Gasteiger partial charge in [0, 0.05) is 39.2 Å². The number of carbonyl (C=O) groups is 2. The molecule has 0 aliphatic rings. The highest BCUT2D eigenvalue weighted by Gasteiger charge is 2.13. The van der Waals surface area contributed by atoms with E-state index in [1.807, 2.05) is 11.4 Å². The van der Waals surface area contributed by atoms with E-state index in [-0.39, 0.29) is 22.9 Å². The summed E-state index contributed by atoms with van der Waals surface area (Å²) in [6.45, 7) is 0. The fraction of sp³-hybridized carbons (Fsp3) is 0.0417. The molecular formula is C24H16Cl2N4O4S2. The third-order valence-corrected chi connectivity index (χ3v) is 7.24. The number of amides is 2. The van der Waals surface area contributed by atoms with Gasteiger partial charge in [-0.3, -0.25) is 19.7 Å². The number of hydrogen-bond donors (Lipinski definition) is 2. The van der Waals surface area contributed by atoms with Crippen molar-refractivity contribution in [3.8, 4) is 11.3 Å². The Balaban J connectivity index is 1.33. The van der Waals surface area contributed by atoms with Crippen LogP contribution in [0.5, 0.6) is 0 Å². The molecule has 0 unspecified atom stereocenters. The van der Waals surface area contributed by atoms with Gasteiger partial charge in [0.1, 0.15) is 0 Å². The number of anilines is 2. The van der Waals surface area contributed by atoms with Gasteiger partial charge in [0.2, 0.25) is 5.91 Å². The van der Waals surface area contributed by atoms with E-state index in [2.05, 4.69) is 15.6 Å². The quantitative estimate of drug-likeness (QED) is 0.136. The summed E-state index contributed by atoms with van der Waals surface area (Å²) in [6.07, 6.45) is 0. The molecule has 0 fully saturated rings. The van der Waals surface area contributed by atoms with Crippen LogP contribution in [-0.4, -0.2) is 27.5 Å². The van der Waals surface area contributed by atoms with Crippen molar-refractivity contribution in [3.63, 3.8) is 0 Å². The van der Waals surface area contributed by atoms with Gasteiger partial charge in [-0.05, 0) is 36.4 Å². The number of benzene rings is 3. The van der Waals surface area contributed by atoms with Gasteiger partial charge < -0.3 is 10.6 Å². The van der Waals surface area contributed by atoms with Crippen molar-refractivity contribution in [2.24, 2.45) is 0 Å². The lowest BCUT2D eigenvalue weighted by Gasteiger charge is -2.08. The molecule has 2 amide bonds. The van der Waals surface area contributed by atoms with Crippen LogP contribution in [-0.2, 0) is 4.79 Å². The number of nitro benzene ring substituents is 1. The lowest BCUT2D eigenvalue weighted by atomic mass is 10.2. The Bertz CT molecular complexity index is 1460. The monoisotopic (exact) mass is 558 g/mol. The zero-order chi connectivity index (χ0) is 25.7. The number of halogens is 2. The Labute approximate surface area is 223 Å². The number of non-ortho nitro benzene ring substituents is 1. The number of carbonyl (C=O) groups excluding carboxylic acids is 2. The first-order chi connectivity index (χ1) is 17.3. The van der Waals surface area contributed by atoms with Crippen LogP contribution in [0.15, 0.2) is 77.0 Å². The van der Waals surface area contributed by atoms with Crippen LogP contribution in [0, 0.1) is 10.1 Å². The van der Waals surface area contributed by atoms with Gasteiger partial charge in [0.05, 0.1) is 26.4 Å². The van der Waals surface area contributed by atoms with E-state index in [9.17, 15) is 19.7 Å². The number of aromatic nitrogens is 1. The normalized spacial score (nSPS) is 10.6.